The van der Waals surface area contributed by atoms with Crippen LogP contribution in [0.15, 0.2) is 60.8 Å². The summed E-state index contributed by atoms with van der Waals surface area (Å²) in [5.41, 5.74) is 8.01. The molecular formula is C37H44F3N7O4. The van der Waals surface area contributed by atoms with Crippen molar-refractivity contribution in [3.8, 4) is 28.4 Å². The minimum Gasteiger partial charge on any atom is -0.491 e. The largest absolute Gasteiger partial charge is 0.491 e. The summed E-state index contributed by atoms with van der Waals surface area (Å²) in [7, 11) is 0. The lowest BCUT2D eigenvalue weighted by Crippen LogP contribution is -2.46. The van der Waals surface area contributed by atoms with Gasteiger partial charge in [-0.25, -0.2) is 4.68 Å². The standard InChI is InChI=1S/C37H44F3N7O4/c1-5-6-30-36(21-28(42-30)34(48)49)14-17-46(18-15-36)31-20-32(44-35(41)43-31)51-33(37(38,39)40)27-12-9-25(19-29(27)47-16-13-23(4)45-47)24-7-10-26(11-8-24)50-22(2)3/h7-13,16,19-20,22,28,30,33,42H,5-6,14-15,17-18,21H2,1-4H3,(H,48,49)(H2,41,43,44)/t28?,30?,33-/m1/s1. The van der Waals surface area contributed by atoms with Crippen LogP contribution in [0.25, 0.3) is 16.8 Å². The van der Waals surface area contributed by atoms with Crippen molar-refractivity contribution in [3.05, 3.63) is 72.1 Å². The van der Waals surface area contributed by atoms with E-state index in [9.17, 15) is 23.1 Å². The van der Waals surface area contributed by atoms with Crippen LogP contribution in [0.4, 0.5) is 24.9 Å². The Hall–Kier alpha value is -4.85. The minimum atomic E-state index is -4.84. The van der Waals surface area contributed by atoms with Gasteiger partial charge < -0.3 is 30.5 Å². The molecule has 6 rings (SSSR count). The number of hydrogen-bond acceptors (Lipinski definition) is 9. The van der Waals surface area contributed by atoms with Gasteiger partial charge in [-0.3, -0.25) is 4.79 Å². The summed E-state index contributed by atoms with van der Waals surface area (Å²) in [5, 5.41) is 17.4. The van der Waals surface area contributed by atoms with E-state index in [1.807, 2.05) is 43.0 Å². The van der Waals surface area contributed by atoms with Crippen molar-refractivity contribution in [1.29, 1.82) is 0 Å². The Morgan fingerprint density at radius 1 is 1.06 bits per heavy atom. The van der Waals surface area contributed by atoms with Crippen molar-refractivity contribution in [1.82, 2.24) is 25.1 Å². The number of carbonyl (C=O) groups is 1. The number of nitrogens with one attached hydrogen (secondary N) is 1. The number of hydrogen-bond donors (Lipinski definition) is 3. The van der Waals surface area contributed by atoms with Crippen LogP contribution in [0, 0.1) is 12.3 Å². The third kappa shape index (κ3) is 7.90. The lowest BCUT2D eigenvalue weighted by Gasteiger charge is -2.43. The molecular weight excluding hydrogens is 663 g/mol. The van der Waals surface area contributed by atoms with Crippen molar-refractivity contribution >= 4 is 17.7 Å². The van der Waals surface area contributed by atoms with Crippen molar-refractivity contribution in [2.24, 2.45) is 5.41 Å². The second-order valence-electron chi connectivity index (χ2n) is 13.8. The third-order valence-electron chi connectivity index (χ3n) is 9.79. The van der Waals surface area contributed by atoms with Gasteiger partial charge in [0.2, 0.25) is 17.9 Å². The molecule has 0 radical (unpaired) electrons. The highest BCUT2D eigenvalue weighted by Crippen LogP contribution is 2.46. The summed E-state index contributed by atoms with van der Waals surface area (Å²) >= 11 is 0. The second kappa shape index (κ2) is 14.4. The number of anilines is 2. The van der Waals surface area contributed by atoms with Gasteiger partial charge in [-0.15, -0.1) is 0 Å². The number of piperidine rings is 1. The van der Waals surface area contributed by atoms with Gasteiger partial charge in [-0.1, -0.05) is 37.6 Å². The first-order chi connectivity index (χ1) is 24.2. The lowest BCUT2D eigenvalue weighted by atomic mass is 9.70. The number of carboxylic acids is 1. The summed E-state index contributed by atoms with van der Waals surface area (Å²) in [5.74, 6) is -0.348. The van der Waals surface area contributed by atoms with Gasteiger partial charge >= 0.3 is 12.1 Å². The molecule has 2 aromatic carbocycles. The van der Waals surface area contributed by atoms with E-state index in [1.165, 1.54) is 16.8 Å². The fourth-order valence-electron chi connectivity index (χ4n) is 7.37. The van der Waals surface area contributed by atoms with E-state index in [0.717, 1.165) is 18.4 Å². The summed E-state index contributed by atoms with van der Waals surface area (Å²) < 4.78 is 57.8. The number of nitrogens with two attached hydrogens (primary N) is 1. The number of aliphatic carboxylic acids is 1. The normalized spacial score (nSPS) is 19.4. The average molecular weight is 708 g/mol. The Morgan fingerprint density at radius 3 is 2.37 bits per heavy atom. The highest BCUT2D eigenvalue weighted by Gasteiger charge is 2.50. The van der Waals surface area contributed by atoms with E-state index in [0.29, 0.717) is 55.2 Å². The molecule has 2 aromatic heterocycles. The Labute approximate surface area is 295 Å². The van der Waals surface area contributed by atoms with Gasteiger partial charge in [0.25, 0.3) is 0 Å². The van der Waals surface area contributed by atoms with E-state index in [2.05, 4.69) is 27.3 Å². The molecule has 3 atom stereocenters. The Kier molecular flexibility index (Phi) is 10.2. The van der Waals surface area contributed by atoms with Gasteiger partial charge in [0.15, 0.2) is 0 Å². The Balaban J connectivity index is 1.29. The van der Waals surface area contributed by atoms with Crippen molar-refractivity contribution < 1.29 is 32.5 Å². The molecule has 0 amide bonds. The highest BCUT2D eigenvalue weighted by atomic mass is 19.4. The summed E-state index contributed by atoms with van der Waals surface area (Å²) in [4.78, 5) is 22.2. The third-order valence-corrected chi connectivity index (χ3v) is 9.79. The number of aromatic nitrogens is 4. The number of nitrogen functional groups attached to an aromatic ring is 1. The fourth-order valence-corrected chi connectivity index (χ4v) is 7.37. The fraction of sp³-hybridized carbons (Fsp3) is 0.459. The molecule has 4 aromatic rings. The van der Waals surface area contributed by atoms with Crippen LogP contribution in [0.5, 0.6) is 11.6 Å². The second-order valence-corrected chi connectivity index (χ2v) is 13.8. The van der Waals surface area contributed by atoms with Gasteiger partial charge in [0.1, 0.15) is 17.6 Å². The predicted octanol–water partition coefficient (Wildman–Crippen LogP) is 6.89. The quantitative estimate of drug-likeness (QED) is 0.151. The molecule has 2 aliphatic rings. The molecule has 2 fully saturated rings. The predicted molar refractivity (Wildman–Crippen MR) is 187 cm³/mol. The SMILES string of the molecule is CCCC1NC(C(=O)O)CC12CCN(c1cc(O[C@H](c3ccc(-c4ccc(OC(C)C)cc4)cc3-n3ccc(C)n3)C(F)(F)F)nc(N)n1)CC2. The first-order valence-electron chi connectivity index (χ1n) is 17.3. The van der Waals surface area contributed by atoms with Gasteiger partial charge in [0.05, 0.1) is 17.5 Å². The summed E-state index contributed by atoms with van der Waals surface area (Å²) in [6.45, 7) is 8.76. The number of aryl methyl sites for hydroxylation is 1. The van der Waals surface area contributed by atoms with Gasteiger partial charge in [0, 0.05) is 37.0 Å². The first kappa shape index (κ1) is 36.0. The van der Waals surface area contributed by atoms with Crippen LogP contribution < -0.4 is 25.4 Å². The number of nitrogens with zero attached hydrogens (tertiary/aromatic N) is 5. The molecule has 2 aliphatic heterocycles. The van der Waals surface area contributed by atoms with Crippen molar-refractivity contribution in [2.45, 2.75) is 90.3 Å². The van der Waals surface area contributed by atoms with E-state index >= 15 is 0 Å². The number of halogens is 3. The lowest BCUT2D eigenvalue weighted by molar-refractivity contribution is -0.198. The molecule has 4 N–H and O–H groups in total. The molecule has 0 aliphatic carbocycles. The monoisotopic (exact) mass is 707 g/mol. The average Bonchev–Trinajstić information content (AvgIpc) is 3.67. The minimum absolute atomic E-state index is 0.00118. The molecule has 2 saturated heterocycles. The molecule has 272 valence electrons. The van der Waals surface area contributed by atoms with Crippen LogP contribution in [-0.2, 0) is 4.79 Å². The van der Waals surface area contributed by atoms with Gasteiger partial charge in [-0.2, -0.15) is 28.2 Å². The molecule has 51 heavy (non-hydrogen) atoms. The number of ether oxygens (including phenoxy) is 2. The highest BCUT2D eigenvalue weighted by molar-refractivity contribution is 5.74. The summed E-state index contributed by atoms with van der Waals surface area (Å²) in [6, 6.07) is 14.6. The molecule has 0 saturated carbocycles. The Morgan fingerprint density at radius 2 is 1.76 bits per heavy atom. The van der Waals surface area contributed by atoms with Crippen LogP contribution >= 0.6 is 0 Å². The number of alkyl halides is 3. The molecule has 14 heteroatoms. The zero-order chi connectivity index (χ0) is 36.5. The molecule has 0 bridgehead atoms. The van der Waals surface area contributed by atoms with Crippen LogP contribution in [0.3, 0.4) is 0 Å². The van der Waals surface area contributed by atoms with Crippen molar-refractivity contribution in [3.63, 3.8) is 0 Å². The van der Waals surface area contributed by atoms with Crippen molar-refractivity contribution in [2.75, 3.05) is 23.7 Å². The smallest absolute Gasteiger partial charge is 0.429 e. The zero-order valence-electron chi connectivity index (χ0n) is 29.2. The topological polar surface area (TPSA) is 141 Å². The van der Waals surface area contributed by atoms with Crippen LogP contribution in [0.2, 0.25) is 0 Å². The molecule has 2 unspecified atom stereocenters. The molecule has 1 spiro atoms. The van der Waals surface area contributed by atoms with Gasteiger partial charge in [-0.05, 0) is 87.3 Å². The van der Waals surface area contributed by atoms with E-state index in [1.54, 1.807) is 31.3 Å². The maximum absolute atomic E-state index is 15.0. The number of carboxylic acid groups (broad SMARTS) is 1. The number of benzene rings is 2. The van der Waals surface area contributed by atoms with E-state index in [-0.39, 0.29) is 40.6 Å². The first-order valence-corrected chi connectivity index (χ1v) is 17.3. The summed E-state index contributed by atoms with van der Waals surface area (Å²) in [6.07, 6.45) is -1.92. The Bertz CT molecular complexity index is 1840. The number of rotatable bonds is 11. The van der Waals surface area contributed by atoms with E-state index in [4.69, 9.17) is 15.2 Å². The van der Waals surface area contributed by atoms with Crippen LogP contribution in [0.1, 0.15) is 70.2 Å². The molecule has 4 heterocycles. The van der Waals surface area contributed by atoms with E-state index < -0.39 is 24.3 Å². The maximum Gasteiger partial charge on any atom is 0.429 e. The zero-order valence-corrected chi connectivity index (χ0v) is 29.2. The maximum atomic E-state index is 15.0. The van der Waals surface area contributed by atoms with Crippen LogP contribution in [-0.4, -0.2) is 68.3 Å². The molecule has 11 nitrogen and oxygen atoms in total.